The molecular weight excluding hydrogens is 495 g/mol. The van der Waals surface area contributed by atoms with Crippen LogP contribution >= 0.6 is 35.6 Å². The summed E-state index contributed by atoms with van der Waals surface area (Å²) in [7, 11) is 0. The Morgan fingerprint density at radius 3 is 2.74 bits per heavy atom. The average molecular weight is 513 g/mol. The number of hydrogen-bond donors (Lipinski definition) is 1. The van der Waals surface area contributed by atoms with Gasteiger partial charge in [0.25, 0.3) is 11.8 Å². The van der Waals surface area contributed by atoms with Gasteiger partial charge in [0.2, 0.25) is 0 Å². The van der Waals surface area contributed by atoms with Crippen LogP contribution in [0.25, 0.3) is 6.08 Å². The molecule has 4 rings (SSSR count). The Balaban J connectivity index is 1.46. The lowest BCUT2D eigenvalue weighted by Gasteiger charge is -2.16. The molecule has 5 nitrogen and oxygen atoms in total. The molecule has 3 aromatic carbocycles. The minimum Gasteiger partial charge on any atom is -0.489 e. The lowest BCUT2D eigenvalue weighted by molar-refractivity contribution is -0.123. The SMILES string of the molecule is Cc1ccc(C(=O)NN2C(=O)/C(=C\c3cccc(OCc4ccccc4F)c3)SC2=S)c(Cl)c1. The molecule has 9 heteroatoms. The second-order valence-electron chi connectivity index (χ2n) is 7.39. The molecule has 0 spiro atoms. The summed E-state index contributed by atoms with van der Waals surface area (Å²) in [5.41, 5.74) is 4.81. The van der Waals surface area contributed by atoms with Crippen LogP contribution < -0.4 is 10.2 Å². The number of carbonyl (C=O) groups is 2. The van der Waals surface area contributed by atoms with E-state index in [-0.39, 0.29) is 27.3 Å². The molecule has 34 heavy (non-hydrogen) atoms. The molecule has 1 N–H and O–H groups in total. The van der Waals surface area contributed by atoms with E-state index >= 15 is 0 Å². The molecule has 172 valence electrons. The molecule has 0 bridgehead atoms. The highest BCUT2D eigenvalue weighted by atomic mass is 35.5. The van der Waals surface area contributed by atoms with Crippen molar-refractivity contribution in [2.75, 3.05) is 0 Å². The summed E-state index contributed by atoms with van der Waals surface area (Å²) in [6.45, 7) is 1.94. The van der Waals surface area contributed by atoms with Crippen molar-refractivity contribution >= 4 is 57.8 Å². The second-order valence-corrected chi connectivity index (χ2v) is 9.48. The quantitative estimate of drug-likeness (QED) is 0.328. The minimum atomic E-state index is -0.536. The van der Waals surface area contributed by atoms with Gasteiger partial charge in [-0.3, -0.25) is 15.0 Å². The van der Waals surface area contributed by atoms with Crippen molar-refractivity contribution in [2.45, 2.75) is 13.5 Å². The zero-order chi connectivity index (χ0) is 24.2. The van der Waals surface area contributed by atoms with Gasteiger partial charge in [-0.1, -0.05) is 59.8 Å². The van der Waals surface area contributed by atoms with E-state index in [0.29, 0.717) is 21.8 Å². The van der Waals surface area contributed by atoms with E-state index in [1.165, 1.54) is 6.07 Å². The van der Waals surface area contributed by atoms with E-state index in [1.54, 1.807) is 66.7 Å². The van der Waals surface area contributed by atoms with E-state index in [1.807, 2.05) is 6.92 Å². The van der Waals surface area contributed by atoms with Gasteiger partial charge in [0.05, 0.1) is 15.5 Å². The van der Waals surface area contributed by atoms with Gasteiger partial charge < -0.3 is 4.74 Å². The number of hydrogen-bond acceptors (Lipinski definition) is 5. The van der Waals surface area contributed by atoms with Crippen molar-refractivity contribution in [1.82, 2.24) is 10.4 Å². The number of halogens is 2. The molecule has 1 aliphatic rings. The highest BCUT2D eigenvalue weighted by Gasteiger charge is 2.34. The number of rotatable bonds is 6. The number of ether oxygens (including phenoxy) is 1. The fourth-order valence-corrected chi connectivity index (χ4v) is 4.65. The van der Waals surface area contributed by atoms with Crippen LogP contribution in [0.15, 0.2) is 71.6 Å². The first kappa shape index (κ1) is 23.9. The van der Waals surface area contributed by atoms with Crippen molar-refractivity contribution < 1.29 is 18.7 Å². The summed E-state index contributed by atoms with van der Waals surface area (Å²) in [5, 5.41) is 1.31. The summed E-state index contributed by atoms with van der Waals surface area (Å²) >= 11 is 12.5. The molecule has 1 aliphatic heterocycles. The van der Waals surface area contributed by atoms with Gasteiger partial charge in [-0.05, 0) is 66.7 Å². The van der Waals surface area contributed by atoms with Crippen molar-refractivity contribution in [1.29, 1.82) is 0 Å². The van der Waals surface area contributed by atoms with Gasteiger partial charge in [-0.2, -0.15) is 5.01 Å². The maximum absolute atomic E-state index is 13.8. The maximum atomic E-state index is 13.8. The van der Waals surface area contributed by atoms with Crippen LogP contribution in [0.3, 0.4) is 0 Å². The summed E-state index contributed by atoms with van der Waals surface area (Å²) in [6.07, 6.45) is 1.65. The predicted octanol–water partition coefficient (Wildman–Crippen LogP) is 5.91. The fourth-order valence-electron chi connectivity index (χ4n) is 3.15. The number of amides is 2. The lowest BCUT2D eigenvalue weighted by Crippen LogP contribution is -2.44. The highest BCUT2D eigenvalue weighted by molar-refractivity contribution is 8.26. The molecule has 2 amide bonds. The van der Waals surface area contributed by atoms with Crippen LogP contribution in [0.2, 0.25) is 5.02 Å². The topological polar surface area (TPSA) is 58.6 Å². The molecule has 1 fully saturated rings. The minimum absolute atomic E-state index is 0.0752. The average Bonchev–Trinajstić information content (AvgIpc) is 3.06. The highest BCUT2D eigenvalue weighted by Crippen LogP contribution is 2.32. The third-order valence-electron chi connectivity index (χ3n) is 4.88. The molecule has 0 aliphatic carbocycles. The number of nitrogens with zero attached hydrogens (tertiary/aromatic N) is 1. The van der Waals surface area contributed by atoms with E-state index in [9.17, 15) is 14.0 Å². The Morgan fingerprint density at radius 2 is 1.97 bits per heavy atom. The Kier molecular flexibility index (Phi) is 7.31. The van der Waals surface area contributed by atoms with Crippen LogP contribution in [-0.2, 0) is 11.4 Å². The molecule has 0 radical (unpaired) electrons. The summed E-state index contributed by atoms with van der Waals surface area (Å²) in [5.74, 6) is -0.804. The number of aryl methyl sites for hydroxylation is 1. The summed E-state index contributed by atoms with van der Waals surface area (Å²) < 4.78 is 19.7. The van der Waals surface area contributed by atoms with E-state index in [2.05, 4.69) is 5.43 Å². The summed E-state index contributed by atoms with van der Waals surface area (Å²) in [6, 6.07) is 18.5. The molecule has 0 saturated carbocycles. The number of hydrazine groups is 1. The van der Waals surface area contributed by atoms with E-state index in [0.717, 1.165) is 22.3 Å². The standard InChI is InChI=1S/C25H18ClFN2O3S2/c1-15-9-10-19(20(26)11-15)23(30)28-29-24(31)22(34-25(29)33)13-16-5-4-7-18(12-16)32-14-17-6-2-3-8-21(17)27/h2-13H,14H2,1H3,(H,28,30)/b22-13+. The molecular formula is C25H18ClFN2O3S2. The molecule has 1 heterocycles. The molecule has 3 aromatic rings. The van der Waals surface area contributed by atoms with Gasteiger partial charge in [0.15, 0.2) is 4.32 Å². The van der Waals surface area contributed by atoms with Crippen LogP contribution in [0.5, 0.6) is 5.75 Å². The number of thioether (sulfide) groups is 1. The van der Waals surface area contributed by atoms with Crippen LogP contribution in [0.1, 0.15) is 27.0 Å². The van der Waals surface area contributed by atoms with Gasteiger partial charge in [0, 0.05) is 5.56 Å². The first-order valence-corrected chi connectivity index (χ1v) is 11.7. The van der Waals surface area contributed by atoms with Crippen LogP contribution in [0, 0.1) is 12.7 Å². The van der Waals surface area contributed by atoms with E-state index in [4.69, 9.17) is 28.6 Å². The van der Waals surface area contributed by atoms with Crippen molar-refractivity contribution in [3.63, 3.8) is 0 Å². The Bertz CT molecular complexity index is 1330. The molecule has 1 saturated heterocycles. The first-order valence-electron chi connectivity index (χ1n) is 10.1. The van der Waals surface area contributed by atoms with Gasteiger partial charge in [0.1, 0.15) is 18.2 Å². The number of thiocarbonyl (C=S) groups is 1. The zero-order valence-corrected chi connectivity index (χ0v) is 20.3. The number of carbonyl (C=O) groups excluding carboxylic acids is 2. The Hall–Kier alpha value is -3.20. The Morgan fingerprint density at radius 1 is 1.18 bits per heavy atom. The smallest absolute Gasteiger partial charge is 0.285 e. The molecule has 0 unspecified atom stereocenters. The van der Waals surface area contributed by atoms with Gasteiger partial charge in [-0.15, -0.1) is 0 Å². The molecule has 0 aromatic heterocycles. The van der Waals surface area contributed by atoms with Gasteiger partial charge in [-0.25, -0.2) is 4.39 Å². The van der Waals surface area contributed by atoms with Crippen molar-refractivity contribution in [3.8, 4) is 5.75 Å². The first-order chi connectivity index (χ1) is 16.3. The third-order valence-corrected chi connectivity index (χ3v) is 6.50. The van der Waals surface area contributed by atoms with Crippen LogP contribution in [0.4, 0.5) is 4.39 Å². The van der Waals surface area contributed by atoms with E-state index < -0.39 is 11.8 Å². The lowest BCUT2D eigenvalue weighted by atomic mass is 10.1. The Labute approximate surface area is 210 Å². The second kappa shape index (κ2) is 10.4. The van der Waals surface area contributed by atoms with Crippen molar-refractivity contribution in [3.05, 3.63) is 105 Å². The van der Waals surface area contributed by atoms with Crippen LogP contribution in [-0.4, -0.2) is 21.1 Å². The largest absolute Gasteiger partial charge is 0.489 e. The maximum Gasteiger partial charge on any atom is 0.285 e. The van der Waals surface area contributed by atoms with Crippen molar-refractivity contribution in [2.24, 2.45) is 0 Å². The normalized spacial score (nSPS) is 14.6. The number of nitrogens with one attached hydrogen (secondary N) is 1. The third kappa shape index (κ3) is 5.47. The predicted molar refractivity (Wildman–Crippen MR) is 136 cm³/mol. The monoisotopic (exact) mass is 512 g/mol. The zero-order valence-electron chi connectivity index (χ0n) is 17.9. The molecule has 0 atom stereocenters. The van der Waals surface area contributed by atoms with Gasteiger partial charge >= 0.3 is 0 Å². The summed E-state index contributed by atoms with van der Waals surface area (Å²) in [4.78, 5) is 25.9. The fraction of sp³-hybridized carbons (Fsp3) is 0.0800. The number of benzene rings is 3.